The Morgan fingerprint density at radius 1 is 1.26 bits per heavy atom. The number of non-ortho nitro benzene ring substituents is 1. The van der Waals surface area contributed by atoms with Crippen molar-refractivity contribution in [3.8, 4) is 0 Å². The van der Waals surface area contributed by atoms with Crippen LogP contribution in [0.3, 0.4) is 0 Å². The first-order chi connectivity index (χ1) is 11.1. The van der Waals surface area contributed by atoms with Gasteiger partial charge in [0.25, 0.3) is 0 Å². The largest absolute Gasteiger partial charge is 0.399 e. The molecule has 0 aliphatic carbocycles. The molecule has 4 N–H and O–H groups in total. The molecule has 0 atom stereocenters. The average molecular weight is 315 g/mol. The Labute approximate surface area is 129 Å². The van der Waals surface area contributed by atoms with E-state index in [0.717, 1.165) is 5.56 Å². The lowest BCUT2D eigenvalue weighted by atomic mass is 10.1. The van der Waals surface area contributed by atoms with Crippen molar-refractivity contribution in [2.75, 3.05) is 17.7 Å². The monoisotopic (exact) mass is 315 g/mol. The number of hydrogen-bond acceptors (Lipinski definition) is 8. The molecule has 118 valence electrons. The Morgan fingerprint density at radius 3 is 2.78 bits per heavy atom. The van der Waals surface area contributed by atoms with Crippen LogP contribution in [0, 0.1) is 10.1 Å². The van der Waals surface area contributed by atoms with Crippen LogP contribution < -0.4 is 11.1 Å². The van der Waals surface area contributed by atoms with Gasteiger partial charge in [0.1, 0.15) is 0 Å². The molecule has 9 heteroatoms. The topological polar surface area (TPSA) is 140 Å². The number of nitrogens with zero attached hydrogens (tertiary/aromatic N) is 3. The van der Waals surface area contributed by atoms with Crippen molar-refractivity contribution in [3.05, 3.63) is 46.0 Å². The van der Waals surface area contributed by atoms with E-state index in [0.29, 0.717) is 23.5 Å². The molecule has 2 aromatic carbocycles. The van der Waals surface area contributed by atoms with Crippen molar-refractivity contribution in [1.82, 2.24) is 10.3 Å². The van der Waals surface area contributed by atoms with Gasteiger partial charge in [0.15, 0.2) is 5.52 Å². The molecule has 23 heavy (non-hydrogen) atoms. The van der Waals surface area contributed by atoms with Crippen molar-refractivity contribution >= 4 is 33.8 Å². The highest BCUT2D eigenvalue weighted by Gasteiger charge is 2.19. The lowest BCUT2D eigenvalue weighted by molar-refractivity contribution is -0.383. The van der Waals surface area contributed by atoms with E-state index in [9.17, 15) is 10.1 Å². The summed E-state index contributed by atoms with van der Waals surface area (Å²) in [6.45, 7) is -0.0113. The van der Waals surface area contributed by atoms with Crippen LogP contribution in [0.4, 0.5) is 22.7 Å². The first-order valence-corrected chi connectivity index (χ1v) is 6.76. The van der Waals surface area contributed by atoms with E-state index in [2.05, 4.69) is 20.3 Å². The molecule has 0 unspecified atom stereocenters. The maximum Gasteiger partial charge on any atom is 0.300 e. The SMILES string of the molecule is Nc1ccc(Nc2ccc([N+](=O)[O-])c3nonc23)cc1CCO. The summed E-state index contributed by atoms with van der Waals surface area (Å²) in [5, 5.41) is 30.4. The summed E-state index contributed by atoms with van der Waals surface area (Å²) in [7, 11) is 0. The van der Waals surface area contributed by atoms with Gasteiger partial charge in [-0.15, -0.1) is 0 Å². The van der Waals surface area contributed by atoms with Crippen molar-refractivity contribution in [2.45, 2.75) is 6.42 Å². The Balaban J connectivity index is 1.99. The van der Waals surface area contributed by atoms with Gasteiger partial charge in [-0.05, 0) is 46.6 Å². The molecule has 0 bridgehead atoms. The Hall–Kier alpha value is -3.20. The van der Waals surface area contributed by atoms with E-state index in [4.69, 9.17) is 10.8 Å². The van der Waals surface area contributed by atoms with Crippen molar-refractivity contribution in [1.29, 1.82) is 0 Å². The number of nitrogen functional groups attached to an aromatic ring is 1. The number of aliphatic hydroxyl groups is 1. The van der Waals surface area contributed by atoms with Crippen LogP contribution in [-0.2, 0) is 6.42 Å². The first kappa shape index (κ1) is 14.7. The lowest BCUT2D eigenvalue weighted by Gasteiger charge is -2.10. The summed E-state index contributed by atoms with van der Waals surface area (Å²) >= 11 is 0. The van der Waals surface area contributed by atoms with Gasteiger partial charge in [-0.2, -0.15) is 0 Å². The van der Waals surface area contributed by atoms with Crippen LogP contribution in [0.2, 0.25) is 0 Å². The number of nitro groups is 1. The van der Waals surface area contributed by atoms with Gasteiger partial charge in [-0.3, -0.25) is 10.1 Å². The standard InChI is InChI=1S/C14H13N5O4/c15-10-2-1-9(7-8(10)5-6-20)16-11-3-4-12(19(21)22)14-13(11)17-23-18-14/h1-4,7,16,20H,5-6,15H2. The van der Waals surface area contributed by atoms with Crippen molar-refractivity contribution < 1.29 is 14.7 Å². The fourth-order valence-corrected chi connectivity index (χ4v) is 2.28. The molecule has 0 aliphatic heterocycles. The highest BCUT2D eigenvalue weighted by Crippen LogP contribution is 2.31. The maximum absolute atomic E-state index is 11.0. The quantitative estimate of drug-likeness (QED) is 0.369. The van der Waals surface area contributed by atoms with Crippen molar-refractivity contribution in [3.63, 3.8) is 0 Å². The zero-order valence-corrected chi connectivity index (χ0v) is 11.9. The number of nitro benzene ring substituents is 1. The van der Waals surface area contributed by atoms with Gasteiger partial charge < -0.3 is 16.2 Å². The van der Waals surface area contributed by atoms with E-state index in [1.165, 1.54) is 12.1 Å². The molecular formula is C14H13N5O4. The van der Waals surface area contributed by atoms with E-state index in [1.807, 2.05) is 0 Å². The molecule has 0 saturated heterocycles. The molecule has 0 spiro atoms. The van der Waals surface area contributed by atoms with Gasteiger partial charge in [-0.25, -0.2) is 4.63 Å². The number of hydrogen-bond donors (Lipinski definition) is 3. The van der Waals surface area contributed by atoms with Crippen LogP contribution in [0.5, 0.6) is 0 Å². The fourth-order valence-electron chi connectivity index (χ4n) is 2.28. The van der Waals surface area contributed by atoms with Crippen LogP contribution in [0.15, 0.2) is 35.0 Å². The molecule has 0 fully saturated rings. The summed E-state index contributed by atoms with van der Waals surface area (Å²) in [5.41, 5.74) is 8.62. The number of anilines is 3. The molecular weight excluding hydrogens is 302 g/mol. The van der Waals surface area contributed by atoms with E-state index < -0.39 is 4.92 Å². The van der Waals surface area contributed by atoms with Gasteiger partial charge in [0, 0.05) is 24.0 Å². The highest BCUT2D eigenvalue weighted by atomic mass is 16.6. The molecule has 0 saturated carbocycles. The second-order valence-electron chi connectivity index (χ2n) is 4.86. The molecule has 3 rings (SSSR count). The summed E-state index contributed by atoms with van der Waals surface area (Å²) in [5.74, 6) is 0. The average Bonchev–Trinajstić information content (AvgIpc) is 3.00. The molecule has 0 aliphatic rings. The summed E-state index contributed by atoms with van der Waals surface area (Å²) in [6, 6.07) is 8.15. The zero-order valence-electron chi connectivity index (χ0n) is 11.9. The minimum atomic E-state index is -0.543. The zero-order chi connectivity index (χ0) is 16.4. The maximum atomic E-state index is 11.0. The molecule has 1 aromatic heterocycles. The molecule has 9 nitrogen and oxygen atoms in total. The van der Waals surface area contributed by atoms with Crippen LogP contribution in [0.25, 0.3) is 11.0 Å². The van der Waals surface area contributed by atoms with Crippen LogP contribution in [-0.4, -0.2) is 27.0 Å². The van der Waals surface area contributed by atoms with Gasteiger partial charge in [0.05, 0.1) is 10.6 Å². The number of nitrogens with two attached hydrogens (primary N) is 1. The minimum absolute atomic E-state index is 0.0113. The third kappa shape index (κ3) is 2.77. The second kappa shape index (κ2) is 5.89. The van der Waals surface area contributed by atoms with Gasteiger partial charge in [-0.1, -0.05) is 0 Å². The predicted octanol–water partition coefficient (Wildman–Crippen LogP) is 1.99. The van der Waals surface area contributed by atoms with Gasteiger partial charge in [0.2, 0.25) is 5.52 Å². The number of nitrogens with one attached hydrogen (secondary N) is 1. The lowest BCUT2D eigenvalue weighted by Crippen LogP contribution is -2.00. The molecule has 0 amide bonds. The first-order valence-electron chi connectivity index (χ1n) is 6.76. The number of benzene rings is 2. The Morgan fingerprint density at radius 2 is 2.04 bits per heavy atom. The third-order valence-corrected chi connectivity index (χ3v) is 3.39. The van der Waals surface area contributed by atoms with Crippen molar-refractivity contribution in [2.24, 2.45) is 0 Å². The minimum Gasteiger partial charge on any atom is -0.399 e. The van der Waals surface area contributed by atoms with Crippen LogP contribution >= 0.6 is 0 Å². The van der Waals surface area contributed by atoms with E-state index in [-0.39, 0.29) is 23.3 Å². The fraction of sp³-hybridized carbons (Fsp3) is 0.143. The number of fused-ring (bicyclic) bond motifs is 1. The molecule has 0 radical (unpaired) electrons. The second-order valence-corrected chi connectivity index (χ2v) is 4.86. The number of aliphatic hydroxyl groups excluding tert-OH is 1. The normalized spacial score (nSPS) is 10.8. The molecule has 3 aromatic rings. The number of aromatic nitrogens is 2. The third-order valence-electron chi connectivity index (χ3n) is 3.39. The molecule has 1 heterocycles. The Bertz CT molecular complexity index is 877. The summed E-state index contributed by atoms with van der Waals surface area (Å²) in [4.78, 5) is 10.4. The van der Waals surface area contributed by atoms with E-state index >= 15 is 0 Å². The number of rotatable bonds is 5. The van der Waals surface area contributed by atoms with Gasteiger partial charge >= 0.3 is 5.69 Å². The van der Waals surface area contributed by atoms with E-state index in [1.54, 1.807) is 18.2 Å². The highest BCUT2D eigenvalue weighted by molar-refractivity contribution is 5.94. The van der Waals surface area contributed by atoms with Crippen LogP contribution in [0.1, 0.15) is 5.56 Å². The Kier molecular flexibility index (Phi) is 3.77. The predicted molar refractivity (Wildman–Crippen MR) is 83.4 cm³/mol. The summed E-state index contributed by atoms with van der Waals surface area (Å²) in [6.07, 6.45) is 0.433. The summed E-state index contributed by atoms with van der Waals surface area (Å²) < 4.78 is 4.62. The smallest absolute Gasteiger partial charge is 0.300 e.